The summed E-state index contributed by atoms with van der Waals surface area (Å²) in [5, 5.41) is 3.54. The summed E-state index contributed by atoms with van der Waals surface area (Å²) in [5.41, 5.74) is 0.625. The van der Waals surface area contributed by atoms with Gasteiger partial charge in [-0.25, -0.2) is 4.79 Å². The average molecular weight is 352 g/mol. The number of anilines is 1. The van der Waals surface area contributed by atoms with Gasteiger partial charge in [0.1, 0.15) is 11.3 Å². The zero-order valence-electron chi connectivity index (χ0n) is 13.8. The van der Waals surface area contributed by atoms with Crippen LogP contribution in [0.4, 0.5) is 5.69 Å². The summed E-state index contributed by atoms with van der Waals surface area (Å²) in [6.45, 7) is 0.721. The summed E-state index contributed by atoms with van der Waals surface area (Å²) in [5.74, 6) is -0.00356. The third-order valence-electron chi connectivity index (χ3n) is 4.40. The van der Waals surface area contributed by atoms with Gasteiger partial charge in [0, 0.05) is 30.1 Å². The van der Waals surface area contributed by atoms with E-state index in [0.29, 0.717) is 35.5 Å². The first-order valence-corrected chi connectivity index (χ1v) is 8.23. The van der Waals surface area contributed by atoms with E-state index in [-0.39, 0.29) is 18.2 Å². The van der Waals surface area contributed by atoms with Crippen LogP contribution in [-0.2, 0) is 16.1 Å². The Labute approximate surface area is 148 Å². The van der Waals surface area contributed by atoms with Crippen LogP contribution in [0.25, 0.3) is 11.0 Å². The van der Waals surface area contributed by atoms with Gasteiger partial charge in [0.05, 0.1) is 18.7 Å². The summed E-state index contributed by atoms with van der Waals surface area (Å²) >= 11 is 0. The standard InChI is InChI=1S/C19H16N2O5/c22-17-9-13(10-21(17)11-15-2-1-7-25-15)19(24)20-14-4-5-16-12(8-14)3-6-18(23)26-16/h1-8,13H,9-11H2,(H,20,24)/t13-/m1/s1. The molecule has 1 fully saturated rings. The van der Waals surface area contributed by atoms with Gasteiger partial charge in [0.2, 0.25) is 11.8 Å². The minimum atomic E-state index is -0.421. The molecular formula is C19H16N2O5. The van der Waals surface area contributed by atoms with Gasteiger partial charge in [-0.2, -0.15) is 0 Å². The molecule has 1 aliphatic heterocycles. The molecule has 132 valence electrons. The van der Waals surface area contributed by atoms with Crippen LogP contribution < -0.4 is 10.9 Å². The highest BCUT2D eigenvalue weighted by Crippen LogP contribution is 2.23. The number of fused-ring (bicyclic) bond motifs is 1. The minimum absolute atomic E-state index is 0.0677. The molecule has 1 aliphatic rings. The second-order valence-corrected chi connectivity index (χ2v) is 6.25. The minimum Gasteiger partial charge on any atom is -0.467 e. The van der Waals surface area contributed by atoms with E-state index in [9.17, 15) is 14.4 Å². The molecule has 1 saturated heterocycles. The van der Waals surface area contributed by atoms with E-state index in [0.717, 1.165) is 0 Å². The Balaban J connectivity index is 1.44. The van der Waals surface area contributed by atoms with Crippen LogP contribution in [0.3, 0.4) is 0 Å². The van der Waals surface area contributed by atoms with Crippen molar-refractivity contribution in [1.82, 2.24) is 4.90 Å². The Morgan fingerprint density at radius 1 is 1.19 bits per heavy atom. The van der Waals surface area contributed by atoms with Crippen LogP contribution in [0.15, 0.2) is 62.4 Å². The molecule has 0 unspecified atom stereocenters. The molecule has 0 saturated carbocycles. The monoisotopic (exact) mass is 352 g/mol. The Hall–Kier alpha value is -3.35. The van der Waals surface area contributed by atoms with Crippen LogP contribution >= 0.6 is 0 Å². The summed E-state index contributed by atoms with van der Waals surface area (Å²) in [4.78, 5) is 37.5. The molecule has 7 nitrogen and oxygen atoms in total. The van der Waals surface area contributed by atoms with Crippen molar-refractivity contribution in [3.8, 4) is 0 Å². The molecular weight excluding hydrogens is 336 g/mol. The molecule has 0 bridgehead atoms. The number of furan rings is 1. The predicted molar refractivity (Wildman–Crippen MR) is 93.3 cm³/mol. The Morgan fingerprint density at radius 3 is 2.88 bits per heavy atom. The lowest BCUT2D eigenvalue weighted by Crippen LogP contribution is -2.27. The topological polar surface area (TPSA) is 92.8 Å². The predicted octanol–water partition coefficient (Wildman–Crippen LogP) is 2.37. The fourth-order valence-corrected chi connectivity index (χ4v) is 3.09. The lowest BCUT2D eigenvalue weighted by atomic mass is 10.1. The largest absolute Gasteiger partial charge is 0.467 e. The molecule has 4 rings (SSSR count). The number of nitrogens with zero attached hydrogens (tertiary/aromatic N) is 1. The highest BCUT2D eigenvalue weighted by Gasteiger charge is 2.34. The second kappa shape index (κ2) is 6.51. The van der Waals surface area contributed by atoms with E-state index in [1.54, 1.807) is 47.6 Å². The lowest BCUT2D eigenvalue weighted by Gasteiger charge is -2.15. The fourth-order valence-electron chi connectivity index (χ4n) is 3.09. The van der Waals surface area contributed by atoms with Gasteiger partial charge < -0.3 is 19.1 Å². The summed E-state index contributed by atoms with van der Waals surface area (Å²) < 4.78 is 10.3. The molecule has 7 heteroatoms. The number of amides is 2. The molecule has 2 aromatic heterocycles. The number of hydrogen-bond donors (Lipinski definition) is 1. The van der Waals surface area contributed by atoms with Crippen LogP contribution in [0.5, 0.6) is 0 Å². The molecule has 2 amide bonds. The normalized spacial score (nSPS) is 17.0. The number of carbonyl (C=O) groups is 2. The van der Waals surface area contributed by atoms with Crippen molar-refractivity contribution in [3.63, 3.8) is 0 Å². The molecule has 3 aromatic rings. The maximum absolute atomic E-state index is 12.5. The molecule has 0 radical (unpaired) electrons. The Kier molecular flexibility index (Phi) is 4.04. The number of hydrogen-bond acceptors (Lipinski definition) is 5. The van der Waals surface area contributed by atoms with Crippen LogP contribution in [0.2, 0.25) is 0 Å². The smallest absolute Gasteiger partial charge is 0.336 e. The van der Waals surface area contributed by atoms with Crippen molar-refractivity contribution in [1.29, 1.82) is 0 Å². The highest BCUT2D eigenvalue weighted by atomic mass is 16.4. The highest BCUT2D eigenvalue weighted by molar-refractivity contribution is 5.98. The molecule has 26 heavy (non-hydrogen) atoms. The molecule has 0 aliphatic carbocycles. The van der Waals surface area contributed by atoms with Crippen molar-refractivity contribution in [2.24, 2.45) is 5.92 Å². The van der Waals surface area contributed by atoms with E-state index in [2.05, 4.69) is 5.32 Å². The fraction of sp³-hybridized carbons (Fsp3) is 0.211. The van der Waals surface area contributed by atoms with Gasteiger partial charge in [-0.3, -0.25) is 9.59 Å². The Morgan fingerprint density at radius 2 is 2.08 bits per heavy atom. The molecule has 1 atom stereocenters. The van der Waals surface area contributed by atoms with Crippen molar-refractivity contribution < 1.29 is 18.4 Å². The van der Waals surface area contributed by atoms with Crippen molar-refractivity contribution in [2.75, 3.05) is 11.9 Å². The molecule has 1 N–H and O–H groups in total. The maximum atomic E-state index is 12.5. The number of carbonyl (C=O) groups excluding carboxylic acids is 2. The quantitative estimate of drug-likeness (QED) is 0.728. The first kappa shape index (κ1) is 16.1. The molecule has 3 heterocycles. The SMILES string of the molecule is O=C(Nc1ccc2oc(=O)ccc2c1)[C@@H]1CC(=O)N(Cc2ccco2)C1. The molecule has 0 spiro atoms. The van der Waals surface area contributed by atoms with Crippen molar-refractivity contribution in [3.05, 3.63) is 64.9 Å². The van der Waals surface area contributed by atoms with Crippen LogP contribution in [0.1, 0.15) is 12.2 Å². The number of benzene rings is 1. The van der Waals surface area contributed by atoms with E-state index >= 15 is 0 Å². The number of nitrogens with one attached hydrogen (secondary N) is 1. The molecule has 1 aromatic carbocycles. The first-order chi connectivity index (χ1) is 12.6. The van der Waals surface area contributed by atoms with Gasteiger partial charge >= 0.3 is 5.63 Å². The van der Waals surface area contributed by atoms with E-state index in [1.165, 1.54) is 6.07 Å². The number of likely N-dealkylation sites (tertiary alicyclic amines) is 1. The van der Waals surface area contributed by atoms with E-state index in [1.807, 2.05) is 0 Å². The maximum Gasteiger partial charge on any atom is 0.336 e. The summed E-state index contributed by atoms with van der Waals surface area (Å²) in [6.07, 6.45) is 1.73. The van der Waals surface area contributed by atoms with Gasteiger partial charge in [-0.05, 0) is 36.4 Å². The van der Waals surface area contributed by atoms with Crippen LogP contribution in [0, 0.1) is 5.92 Å². The summed E-state index contributed by atoms with van der Waals surface area (Å²) in [7, 11) is 0. The van der Waals surface area contributed by atoms with Crippen molar-refractivity contribution in [2.45, 2.75) is 13.0 Å². The second-order valence-electron chi connectivity index (χ2n) is 6.25. The van der Waals surface area contributed by atoms with Gasteiger partial charge in [0.15, 0.2) is 0 Å². The van der Waals surface area contributed by atoms with Gasteiger partial charge in [-0.1, -0.05) is 0 Å². The average Bonchev–Trinajstić information content (AvgIpc) is 3.26. The van der Waals surface area contributed by atoms with E-state index < -0.39 is 11.5 Å². The lowest BCUT2D eigenvalue weighted by molar-refractivity contribution is -0.128. The first-order valence-electron chi connectivity index (χ1n) is 8.23. The van der Waals surface area contributed by atoms with Crippen LogP contribution in [-0.4, -0.2) is 23.3 Å². The van der Waals surface area contributed by atoms with Crippen molar-refractivity contribution >= 4 is 28.5 Å². The summed E-state index contributed by atoms with van der Waals surface area (Å²) in [6, 6.07) is 11.6. The third-order valence-corrected chi connectivity index (χ3v) is 4.40. The van der Waals surface area contributed by atoms with E-state index in [4.69, 9.17) is 8.83 Å². The van der Waals surface area contributed by atoms with Gasteiger partial charge in [0.25, 0.3) is 0 Å². The van der Waals surface area contributed by atoms with Gasteiger partial charge in [-0.15, -0.1) is 0 Å². The zero-order valence-corrected chi connectivity index (χ0v) is 13.8. The number of rotatable bonds is 4. The Bertz CT molecular complexity index is 1020. The zero-order chi connectivity index (χ0) is 18.1. The third kappa shape index (κ3) is 3.23.